The predicted octanol–water partition coefficient (Wildman–Crippen LogP) is 7.72. The fourth-order valence-corrected chi connectivity index (χ4v) is 8.17. The van der Waals surface area contributed by atoms with Crippen LogP contribution in [0.15, 0.2) is 54.6 Å². The Bertz CT molecular complexity index is 1590. The van der Waals surface area contributed by atoms with E-state index in [1.807, 2.05) is 65.4 Å². The summed E-state index contributed by atoms with van der Waals surface area (Å²) in [5.41, 5.74) is 3.06. The molecule has 2 amide bonds. The summed E-state index contributed by atoms with van der Waals surface area (Å²) in [6.45, 7) is 3.23. The van der Waals surface area contributed by atoms with Crippen molar-refractivity contribution < 1.29 is 19.1 Å². The highest BCUT2D eigenvalue weighted by molar-refractivity contribution is 8.76. The van der Waals surface area contributed by atoms with Crippen molar-refractivity contribution in [3.63, 3.8) is 0 Å². The van der Waals surface area contributed by atoms with Crippen molar-refractivity contribution in [3.05, 3.63) is 65.9 Å². The lowest BCUT2D eigenvalue weighted by atomic mass is 9.95. The third-order valence-corrected chi connectivity index (χ3v) is 10.5. The number of hydrogen-bond donors (Lipinski definition) is 2. The van der Waals surface area contributed by atoms with Crippen LogP contribution >= 0.6 is 33.2 Å². The lowest BCUT2D eigenvalue weighted by Gasteiger charge is -2.22. The number of benzene rings is 3. The molecule has 1 fully saturated rings. The number of anilines is 1. The number of fused-ring (bicyclic) bond motifs is 4. The van der Waals surface area contributed by atoms with Crippen LogP contribution in [-0.4, -0.2) is 53.6 Å². The van der Waals surface area contributed by atoms with Crippen LogP contribution in [0.5, 0.6) is 11.5 Å². The topological polar surface area (TPSA) is 83.7 Å². The summed E-state index contributed by atoms with van der Waals surface area (Å²) in [5.74, 6) is 3.21. The highest BCUT2D eigenvalue weighted by Gasteiger charge is 2.36. The predicted molar refractivity (Wildman–Crippen MR) is 170 cm³/mol. The van der Waals surface area contributed by atoms with Crippen LogP contribution in [0.2, 0.25) is 0 Å². The molecule has 3 heterocycles. The molecule has 1 saturated heterocycles. The summed E-state index contributed by atoms with van der Waals surface area (Å²) in [4.78, 5) is 31.9. The molecule has 0 spiro atoms. The number of halogens is 1. The van der Waals surface area contributed by atoms with Gasteiger partial charge in [0, 0.05) is 58.2 Å². The van der Waals surface area contributed by atoms with Crippen molar-refractivity contribution in [1.29, 1.82) is 0 Å². The molecule has 1 aromatic heterocycles. The van der Waals surface area contributed by atoms with Crippen LogP contribution in [0, 0.1) is 0 Å². The minimum Gasteiger partial charge on any atom is -0.494 e. The summed E-state index contributed by atoms with van der Waals surface area (Å²) < 4.78 is 11.8. The van der Waals surface area contributed by atoms with E-state index < -0.39 is 6.09 Å². The van der Waals surface area contributed by atoms with Gasteiger partial charge in [-0.1, -0.05) is 59.2 Å². The number of ether oxygens (including phenoxy) is 2. The number of nitrogens with zero attached hydrogens (tertiary/aromatic N) is 1. The van der Waals surface area contributed by atoms with E-state index >= 15 is 0 Å². The van der Waals surface area contributed by atoms with Gasteiger partial charge in [-0.2, -0.15) is 0 Å². The van der Waals surface area contributed by atoms with Crippen molar-refractivity contribution in [2.24, 2.45) is 0 Å². The average molecular weight is 610 g/mol. The van der Waals surface area contributed by atoms with Gasteiger partial charge in [0.1, 0.15) is 17.2 Å². The number of unbranched alkanes of at least 4 members (excludes halogenated alkanes) is 1. The molecule has 2 atom stereocenters. The number of aromatic nitrogens is 1. The summed E-state index contributed by atoms with van der Waals surface area (Å²) in [7, 11) is 3.58. The number of nitrogens with one attached hydrogen (secondary N) is 2. The number of carbonyl (C=O) groups is 2. The molecule has 6 rings (SSSR count). The fourth-order valence-electron chi connectivity index (χ4n) is 5.48. The Labute approximate surface area is 252 Å². The van der Waals surface area contributed by atoms with E-state index in [9.17, 15) is 9.59 Å². The minimum absolute atomic E-state index is 0.0527. The molecule has 2 aliphatic rings. The van der Waals surface area contributed by atoms with Gasteiger partial charge in [0.15, 0.2) is 0 Å². The molecule has 10 heteroatoms. The molecule has 214 valence electrons. The zero-order valence-electron chi connectivity index (χ0n) is 22.8. The molecule has 41 heavy (non-hydrogen) atoms. The minimum atomic E-state index is -0.482. The first-order valence-corrected chi connectivity index (χ1v) is 17.0. The van der Waals surface area contributed by atoms with Gasteiger partial charge < -0.3 is 24.7 Å². The number of rotatable bonds is 8. The van der Waals surface area contributed by atoms with E-state index in [1.165, 1.54) is 0 Å². The molecule has 0 aliphatic carbocycles. The van der Waals surface area contributed by atoms with Crippen LogP contribution < -0.4 is 19.7 Å². The number of carbonyl (C=O) groups excluding carboxylic acids is 2. The lowest BCUT2D eigenvalue weighted by Crippen LogP contribution is -2.39. The molecule has 2 N–H and O–H groups in total. The highest BCUT2D eigenvalue weighted by Crippen LogP contribution is 2.46. The zero-order chi connectivity index (χ0) is 28.3. The van der Waals surface area contributed by atoms with E-state index in [4.69, 9.17) is 21.1 Å². The van der Waals surface area contributed by atoms with Crippen LogP contribution in [0.3, 0.4) is 0 Å². The first-order chi connectivity index (χ1) is 20.1. The van der Waals surface area contributed by atoms with Crippen LogP contribution in [0.25, 0.3) is 21.7 Å². The van der Waals surface area contributed by atoms with Crippen molar-refractivity contribution in [2.75, 3.05) is 35.4 Å². The number of amides is 2. The normalized spacial score (nSPS) is 18.4. The number of aromatic amines is 1. The Morgan fingerprint density at radius 1 is 1.12 bits per heavy atom. The maximum absolute atomic E-state index is 14.0. The molecule has 7 nitrogen and oxygen atoms in total. The van der Waals surface area contributed by atoms with E-state index in [2.05, 4.69) is 17.2 Å². The molecular formula is C31H32ClN3O4S2. The van der Waals surface area contributed by atoms with E-state index in [-0.39, 0.29) is 17.9 Å². The van der Waals surface area contributed by atoms with Gasteiger partial charge in [-0.15, -0.1) is 11.6 Å². The summed E-state index contributed by atoms with van der Waals surface area (Å²) in [5, 5.41) is 5.67. The molecule has 3 aromatic carbocycles. The molecule has 2 aliphatic heterocycles. The third-order valence-electron chi connectivity index (χ3n) is 7.58. The van der Waals surface area contributed by atoms with E-state index in [0.29, 0.717) is 36.2 Å². The number of alkyl halides is 1. The second kappa shape index (κ2) is 12.5. The molecule has 4 aromatic rings. The molecule has 0 bridgehead atoms. The van der Waals surface area contributed by atoms with Crippen molar-refractivity contribution in [3.8, 4) is 11.5 Å². The molecular weight excluding hydrogens is 578 g/mol. The van der Waals surface area contributed by atoms with Crippen molar-refractivity contribution in [2.45, 2.75) is 38.1 Å². The van der Waals surface area contributed by atoms with Crippen LogP contribution in [0.4, 0.5) is 10.5 Å². The Morgan fingerprint density at radius 3 is 2.76 bits per heavy atom. The maximum atomic E-state index is 14.0. The Balaban J connectivity index is 1.32. The summed E-state index contributed by atoms with van der Waals surface area (Å²) >= 11 is 6.46. The van der Waals surface area contributed by atoms with E-state index in [1.54, 1.807) is 15.7 Å². The van der Waals surface area contributed by atoms with Crippen molar-refractivity contribution in [1.82, 2.24) is 10.3 Å². The van der Waals surface area contributed by atoms with Crippen LogP contribution in [-0.2, 0) is 0 Å². The number of H-pyrrole nitrogens is 1. The second-order valence-corrected chi connectivity index (χ2v) is 13.3. The lowest BCUT2D eigenvalue weighted by molar-refractivity contribution is 0.0984. The van der Waals surface area contributed by atoms with Gasteiger partial charge in [-0.25, -0.2) is 4.79 Å². The zero-order valence-corrected chi connectivity index (χ0v) is 25.2. The fraction of sp³-hybridized carbons (Fsp3) is 0.355. The van der Waals surface area contributed by atoms with Gasteiger partial charge in [0.2, 0.25) is 0 Å². The Hall–Kier alpha value is -3.01. The maximum Gasteiger partial charge on any atom is 0.412 e. The first-order valence-electron chi connectivity index (χ1n) is 14.0. The summed E-state index contributed by atoms with van der Waals surface area (Å²) in [6, 6.07) is 17.4. The monoisotopic (exact) mass is 609 g/mol. The third kappa shape index (κ3) is 5.85. The standard InChI is InChI=1S/C31H32ClN3O4S2/c1-2-3-11-38-22-8-9-25-19(13-22)14-26(34-25)30(36)35-17-20(16-32)29-24-7-5-4-6-23(24)28(15-27(29)35)39-31(37)33-21-10-12-40-41-18-21/h4-9,13-15,20-21,34H,2-3,10-12,16-18H2,1H3,(H,33,37)/t20-,21+/m1/s1. The molecule has 0 radical (unpaired) electrons. The van der Waals surface area contributed by atoms with Gasteiger partial charge in [0.05, 0.1) is 12.3 Å². The highest BCUT2D eigenvalue weighted by atomic mass is 35.5. The number of hydrogen-bond acceptors (Lipinski definition) is 6. The van der Waals surface area contributed by atoms with Gasteiger partial charge in [0.25, 0.3) is 5.91 Å². The smallest absolute Gasteiger partial charge is 0.412 e. The summed E-state index contributed by atoms with van der Waals surface area (Å²) in [6.07, 6.45) is 2.49. The quantitative estimate of drug-likeness (QED) is 0.121. The largest absolute Gasteiger partial charge is 0.494 e. The molecule has 0 saturated carbocycles. The molecule has 0 unspecified atom stereocenters. The van der Waals surface area contributed by atoms with Crippen molar-refractivity contribution >= 4 is 72.6 Å². The van der Waals surface area contributed by atoms with Gasteiger partial charge in [-0.3, -0.25) is 4.79 Å². The van der Waals surface area contributed by atoms with E-state index in [0.717, 1.165) is 63.8 Å². The average Bonchev–Trinajstić information content (AvgIpc) is 3.59. The van der Waals surface area contributed by atoms with Crippen LogP contribution in [0.1, 0.15) is 48.2 Å². The first kappa shape index (κ1) is 28.1. The second-order valence-electron chi connectivity index (χ2n) is 10.4. The Morgan fingerprint density at radius 2 is 1.98 bits per heavy atom. The van der Waals surface area contributed by atoms with Gasteiger partial charge in [-0.05, 0) is 48.1 Å². The SMILES string of the molecule is CCCCOc1ccc2[nH]c(C(=O)N3C[C@@H](CCl)c4c3cc(OC(=O)N[C@H]3CCSSC3)c3ccccc43)cc2c1. The van der Waals surface area contributed by atoms with Gasteiger partial charge >= 0.3 is 6.09 Å². The Kier molecular flexibility index (Phi) is 8.55.